The third-order valence-corrected chi connectivity index (χ3v) is 2.08. The van der Waals surface area contributed by atoms with Gasteiger partial charge < -0.3 is 4.74 Å². The second-order valence-electron chi connectivity index (χ2n) is 4.69. The maximum absolute atomic E-state index is 12.5. The van der Waals surface area contributed by atoms with Crippen molar-refractivity contribution in [2.24, 2.45) is 10.9 Å². The van der Waals surface area contributed by atoms with Crippen molar-refractivity contribution in [2.75, 3.05) is 0 Å². The van der Waals surface area contributed by atoms with Crippen LogP contribution >= 0.6 is 0 Å². The number of hydrogen-bond acceptors (Lipinski definition) is 3. The number of carbonyl (C=O) groups excluding carboxylic acids is 1. The number of ether oxygens (including phenoxy) is 1. The summed E-state index contributed by atoms with van der Waals surface area (Å²) in [6, 6.07) is -1.45. The molecular formula is C10H14F3NO2. The van der Waals surface area contributed by atoms with Gasteiger partial charge in [-0.15, -0.1) is 0 Å². The normalized spacial score (nSPS) is 25.9. The largest absolute Gasteiger partial charge is 0.458 e. The van der Waals surface area contributed by atoms with Crippen LogP contribution < -0.4 is 0 Å². The number of carbonyl (C=O) groups is 1. The molecule has 1 heterocycles. The molecule has 92 valence electrons. The molecule has 6 heteroatoms. The number of rotatable bonds is 1. The predicted octanol–water partition coefficient (Wildman–Crippen LogP) is 2.35. The molecule has 0 aromatic carbocycles. The lowest BCUT2D eigenvalue weighted by molar-refractivity contribution is -0.189. The smallest absolute Gasteiger partial charge is 0.394 e. The van der Waals surface area contributed by atoms with Crippen molar-refractivity contribution in [3.05, 3.63) is 0 Å². The van der Waals surface area contributed by atoms with Crippen LogP contribution in [0.15, 0.2) is 4.99 Å². The molecule has 0 saturated heterocycles. The minimum absolute atomic E-state index is 0.257. The highest BCUT2D eigenvalue weighted by Crippen LogP contribution is 2.36. The van der Waals surface area contributed by atoms with Crippen molar-refractivity contribution in [1.82, 2.24) is 0 Å². The summed E-state index contributed by atoms with van der Waals surface area (Å²) in [5, 5.41) is 0. The van der Waals surface area contributed by atoms with Gasteiger partial charge in [-0.2, -0.15) is 13.2 Å². The molecule has 0 radical (unpaired) electrons. The van der Waals surface area contributed by atoms with Crippen LogP contribution in [0.25, 0.3) is 0 Å². The van der Waals surface area contributed by atoms with Crippen LogP contribution in [0.2, 0.25) is 0 Å². The first-order valence-corrected chi connectivity index (χ1v) is 4.92. The molecule has 3 nitrogen and oxygen atoms in total. The van der Waals surface area contributed by atoms with Gasteiger partial charge in [0.2, 0.25) is 0 Å². The van der Waals surface area contributed by atoms with Gasteiger partial charge in [-0.25, -0.2) is 4.79 Å². The van der Waals surface area contributed by atoms with E-state index in [1.807, 2.05) is 0 Å². The van der Waals surface area contributed by atoms with Gasteiger partial charge in [0.15, 0.2) is 6.04 Å². The molecule has 1 rings (SSSR count). The van der Waals surface area contributed by atoms with Gasteiger partial charge in [0.05, 0.1) is 5.92 Å². The zero-order valence-corrected chi connectivity index (χ0v) is 9.34. The molecule has 0 amide bonds. The first-order valence-electron chi connectivity index (χ1n) is 4.92. The van der Waals surface area contributed by atoms with Gasteiger partial charge in [0.1, 0.15) is 5.60 Å². The summed E-state index contributed by atoms with van der Waals surface area (Å²) in [4.78, 5) is 15.0. The summed E-state index contributed by atoms with van der Waals surface area (Å²) in [5.74, 6) is -2.66. The molecule has 1 aliphatic heterocycles. The lowest BCUT2D eigenvalue weighted by Crippen LogP contribution is -2.39. The van der Waals surface area contributed by atoms with Gasteiger partial charge >= 0.3 is 12.1 Å². The average Bonchev–Trinajstić information content (AvgIpc) is 2.45. The molecule has 0 N–H and O–H groups in total. The Kier molecular flexibility index (Phi) is 3.30. The minimum Gasteiger partial charge on any atom is -0.458 e. The highest BCUT2D eigenvalue weighted by atomic mass is 19.4. The summed E-state index contributed by atoms with van der Waals surface area (Å²) >= 11 is 0. The number of esters is 1. The Morgan fingerprint density at radius 3 is 2.38 bits per heavy atom. The van der Waals surface area contributed by atoms with Crippen LogP contribution in [-0.4, -0.2) is 30.0 Å². The van der Waals surface area contributed by atoms with E-state index in [4.69, 9.17) is 4.74 Å². The second-order valence-corrected chi connectivity index (χ2v) is 4.69. The van der Waals surface area contributed by atoms with E-state index in [1.165, 1.54) is 0 Å². The number of halogens is 3. The van der Waals surface area contributed by atoms with Crippen LogP contribution in [0.5, 0.6) is 0 Å². The maximum atomic E-state index is 12.5. The Labute approximate surface area is 91.7 Å². The van der Waals surface area contributed by atoms with Crippen molar-refractivity contribution < 1.29 is 22.7 Å². The molecule has 2 atom stereocenters. The summed E-state index contributed by atoms with van der Waals surface area (Å²) in [6.07, 6.45) is -3.54. The van der Waals surface area contributed by atoms with E-state index in [-0.39, 0.29) is 6.42 Å². The van der Waals surface area contributed by atoms with Crippen molar-refractivity contribution in [3.63, 3.8) is 0 Å². The van der Waals surface area contributed by atoms with E-state index in [1.54, 1.807) is 20.8 Å². The summed E-state index contributed by atoms with van der Waals surface area (Å²) in [6.45, 7) is 4.81. The van der Waals surface area contributed by atoms with Gasteiger partial charge in [-0.05, 0) is 27.2 Å². The lowest BCUT2D eigenvalue weighted by Gasteiger charge is -2.24. The maximum Gasteiger partial charge on any atom is 0.394 e. The molecule has 0 fully saturated rings. The van der Waals surface area contributed by atoms with Crippen molar-refractivity contribution in [1.29, 1.82) is 0 Å². The number of nitrogens with zero attached hydrogens (tertiary/aromatic N) is 1. The van der Waals surface area contributed by atoms with Gasteiger partial charge in [-0.1, -0.05) is 0 Å². The molecule has 0 aromatic rings. The molecule has 0 aliphatic carbocycles. The standard InChI is InChI=1S/C10H14F3NO2/c1-9(2,3)16-8(15)7-6(4-5-14-7)10(11,12)13/h5-7H,4H2,1-3H3. The predicted molar refractivity (Wildman–Crippen MR) is 52.3 cm³/mol. The monoisotopic (exact) mass is 237 g/mol. The average molecular weight is 237 g/mol. The number of alkyl halides is 3. The zero-order valence-electron chi connectivity index (χ0n) is 9.34. The third kappa shape index (κ3) is 3.21. The first-order chi connectivity index (χ1) is 7.11. The van der Waals surface area contributed by atoms with Crippen molar-refractivity contribution in [3.8, 4) is 0 Å². The molecule has 1 aliphatic rings. The Morgan fingerprint density at radius 1 is 1.38 bits per heavy atom. The molecule has 2 unspecified atom stereocenters. The van der Waals surface area contributed by atoms with Gasteiger partial charge in [0, 0.05) is 6.21 Å². The van der Waals surface area contributed by atoms with E-state index in [9.17, 15) is 18.0 Å². The summed E-state index contributed by atoms with van der Waals surface area (Å²) in [7, 11) is 0. The van der Waals surface area contributed by atoms with Crippen LogP contribution in [0.1, 0.15) is 27.2 Å². The van der Waals surface area contributed by atoms with E-state index in [0.29, 0.717) is 0 Å². The fraction of sp³-hybridized carbons (Fsp3) is 0.800. The fourth-order valence-corrected chi connectivity index (χ4v) is 1.42. The topological polar surface area (TPSA) is 38.7 Å². The van der Waals surface area contributed by atoms with E-state index >= 15 is 0 Å². The minimum atomic E-state index is -4.42. The van der Waals surface area contributed by atoms with Gasteiger partial charge in [-0.3, -0.25) is 4.99 Å². The highest BCUT2D eigenvalue weighted by molar-refractivity contribution is 5.81. The zero-order chi connectivity index (χ0) is 12.6. The molecular weight excluding hydrogens is 223 g/mol. The first kappa shape index (κ1) is 13.0. The Bertz CT molecular complexity index is 304. The molecule has 0 saturated carbocycles. The Morgan fingerprint density at radius 2 is 1.94 bits per heavy atom. The Balaban J connectivity index is 2.72. The lowest BCUT2D eigenvalue weighted by atomic mass is 9.99. The SMILES string of the molecule is CC(C)(C)OC(=O)C1N=CCC1C(F)(F)F. The quantitative estimate of drug-likeness (QED) is 0.656. The van der Waals surface area contributed by atoms with E-state index in [0.717, 1.165) is 6.21 Å². The van der Waals surface area contributed by atoms with E-state index < -0.39 is 29.7 Å². The second kappa shape index (κ2) is 4.07. The summed E-state index contributed by atoms with van der Waals surface area (Å²) in [5.41, 5.74) is -0.800. The van der Waals surface area contributed by atoms with Crippen molar-refractivity contribution in [2.45, 2.75) is 45.0 Å². The molecule has 16 heavy (non-hydrogen) atoms. The molecule has 0 spiro atoms. The van der Waals surface area contributed by atoms with Crippen LogP contribution in [0.4, 0.5) is 13.2 Å². The fourth-order valence-electron chi connectivity index (χ4n) is 1.42. The third-order valence-electron chi connectivity index (χ3n) is 2.08. The summed E-state index contributed by atoms with van der Waals surface area (Å²) < 4.78 is 42.4. The van der Waals surface area contributed by atoms with Crippen LogP contribution in [0.3, 0.4) is 0 Å². The van der Waals surface area contributed by atoms with Crippen LogP contribution in [0, 0.1) is 5.92 Å². The molecule has 0 bridgehead atoms. The Hall–Kier alpha value is -1.07. The molecule has 0 aromatic heterocycles. The highest BCUT2D eigenvalue weighted by Gasteiger charge is 2.50. The number of aliphatic imine (C=N–C) groups is 1. The van der Waals surface area contributed by atoms with E-state index in [2.05, 4.69) is 4.99 Å². The van der Waals surface area contributed by atoms with Gasteiger partial charge in [0.25, 0.3) is 0 Å². The van der Waals surface area contributed by atoms with Crippen LogP contribution in [-0.2, 0) is 9.53 Å². The van der Waals surface area contributed by atoms with Crippen molar-refractivity contribution >= 4 is 12.2 Å². The number of hydrogen-bond donors (Lipinski definition) is 0.